The number of rotatable bonds is 5. The summed E-state index contributed by atoms with van der Waals surface area (Å²) in [4.78, 5) is 20.6. The molecule has 0 saturated carbocycles. The van der Waals surface area contributed by atoms with Crippen molar-refractivity contribution >= 4 is 28.8 Å². The highest BCUT2D eigenvalue weighted by Gasteiger charge is 2.21. The van der Waals surface area contributed by atoms with Crippen LogP contribution < -0.4 is 0 Å². The largest absolute Gasteiger partial charge is 0.464 e. The lowest BCUT2D eigenvalue weighted by atomic mass is 10.3. The van der Waals surface area contributed by atoms with Gasteiger partial charge in [0, 0.05) is 18.7 Å². The molecule has 20 heavy (non-hydrogen) atoms. The topological polar surface area (TPSA) is 66.2 Å². The Balaban J connectivity index is 2.65. The molecule has 2 heterocycles. The van der Waals surface area contributed by atoms with Crippen LogP contribution in [0.3, 0.4) is 0 Å². The summed E-state index contributed by atoms with van der Waals surface area (Å²) in [6.45, 7) is 2.45. The van der Waals surface area contributed by atoms with Crippen LogP contribution in [0.4, 0.5) is 0 Å². The monoisotopic (exact) mass is 295 g/mol. The number of hydrogen-bond donors (Lipinski definition) is 0. The molecule has 0 aliphatic rings. The number of carbonyl (C=O) groups excluding carboxylic acids is 1. The van der Waals surface area contributed by atoms with Crippen molar-refractivity contribution in [1.29, 1.82) is 0 Å². The van der Waals surface area contributed by atoms with Crippen LogP contribution in [0, 0.1) is 0 Å². The number of esters is 1. The van der Waals surface area contributed by atoms with Crippen molar-refractivity contribution in [3.63, 3.8) is 0 Å². The number of methoxy groups -OCH3 is 2. The first-order chi connectivity index (χ1) is 9.62. The van der Waals surface area contributed by atoms with E-state index in [2.05, 4.69) is 9.97 Å². The van der Waals surface area contributed by atoms with Gasteiger partial charge < -0.3 is 14.0 Å². The molecule has 0 aliphatic carbocycles. The van der Waals surface area contributed by atoms with E-state index in [1.54, 1.807) is 19.4 Å². The smallest absolute Gasteiger partial charge is 0.354 e. The zero-order chi connectivity index (χ0) is 14.7. The summed E-state index contributed by atoms with van der Waals surface area (Å²) in [6.07, 6.45) is 3.63. The summed E-state index contributed by atoms with van der Waals surface area (Å²) in [6, 6.07) is 1.72. The molecule has 0 aliphatic heterocycles. The molecule has 2 aromatic rings. The summed E-state index contributed by atoms with van der Waals surface area (Å²) >= 11 is 1.46. The van der Waals surface area contributed by atoms with Gasteiger partial charge in [0.25, 0.3) is 0 Å². The van der Waals surface area contributed by atoms with Crippen molar-refractivity contribution in [2.75, 3.05) is 27.1 Å². The maximum absolute atomic E-state index is 11.9. The molecule has 1 atom stereocenters. The molecule has 7 heteroatoms. The van der Waals surface area contributed by atoms with Crippen molar-refractivity contribution in [2.24, 2.45) is 0 Å². The Morgan fingerprint density at radius 3 is 2.85 bits per heavy atom. The number of ether oxygens (including phenoxy) is 2. The lowest BCUT2D eigenvalue weighted by molar-refractivity contribution is 0.0582. The predicted molar refractivity (Wildman–Crippen MR) is 77.2 cm³/mol. The molecule has 108 valence electrons. The van der Waals surface area contributed by atoms with E-state index in [1.807, 2.05) is 17.7 Å². The highest BCUT2D eigenvalue weighted by atomic mass is 32.2. The molecule has 2 rings (SSSR count). The van der Waals surface area contributed by atoms with E-state index < -0.39 is 5.97 Å². The minimum atomic E-state index is -0.392. The van der Waals surface area contributed by atoms with Gasteiger partial charge in [-0.3, -0.25) is 0 Å². The van der Waals surface area contributed by atoms with Crippen molar-refractivity contribution in [2.45, 2.75) is 18.1 Å². The fraction of sp³-hybridized carbons (Fsp3) is 0.462. The van der Waals surface area contributed by atoms with E-state index in [0.717, 1.165) is 5.39 Å². The molecule has 0 saturated heterocycles. The fourth-order valence-electron chi connectivity index (χ4n) is 2.11. The Hall–Kier alpha value is -1.60. The fourth-order valence-corrected chi connectivity index (χ4v) is 2.45. The maximum atomic E-state index is 11.9. The molecular formula is C13H17N3O3S. The van der Waals surface area contributed by atoms with Crippen LogP contribution in [0.25, 0.3) is 11.0 Å². The van der Waals surface area contributed by atoms with E-state index >= 15 is 0 Å². The normalized spacial score (nSPS) is 12.6. The van der Waals surface area contributed by atoms with Gasteiger partial charge in [-0.2, -0.15) is 0 Å². The summed E-state index contributed by atoms with van der Waals surface area (Å²) < 4.78 is 11.9. The molecule has 0 radical (unpaired) electrons. The van der Waals surface area contributed by atoms with Crippen LogP contribution in [0.15, 0.2) is 17.4 Å². The van der Waals surface area contributed by atoms with Gasteiger partial charge in [0.1, 0.15) is 11.3 Å². The van der Waals surface area contributed by atoms with Crippen LogP contribution in [0.5, 0.6) is 0 Å². The highest BCUT2D eigenvalue weighted by molar-refractivity contribution is 7.98. The lowest BCUT2D eigenvalue weighted by Crippen LogP contribution is -2.18. The van der Waals surface area contributed by atoms with Crippen LogP contribution in [-0.2, 0) is 9.47 Å². The molecule has 0 N–H and O–H groups in total. The molecule has 0 spiro atoms. The second-order valence-electron chi connectivity index (χ2n) is 4.33. The van der Waals surface area contributed by atoms with E-state index in [4.69, 9.17) is 9.47 Å². The Bertz CT molecular complexity index is 627. The predicted octanol–water partition coefficient (Wildman–Crippen LogP) is 2.15. The average molecular weight is 295 g/mol. The zero-order valence-corrected chi connectivity index (χ0v) is 12.7. The SMILES string of the molecule is COC[C@H](C)n1c(C(=O)OC)cc2cnc(SC)nc21. The number of hydrogen-bond acceptors (Lipinski definition) is 6. The van der Waals surface area contributed by atoms with Gasteiger partial charge in [0.05, 0.1) is 19.8 Å². The lowest BCUT2D eigenvalue weighted by Gasteiger charge is -2.16. The summed E-state index contributed by atoms with van der Waals surface area (Å²) in [5, 5.41) is 1.48. The van der Waals surface area contributed by atoms with Gasteiger partial charge in [0.2, 0.25) is 0 Å². The maximum Gasteiger partial charge on any atom is 0.354 e. The third kappa shape index (κ3) is 2.64. The van der Waals surface area contributed by atoms with Crippen molar-refractivity contribution < 1.29 is 14.3 Å². The second kappa shape index (κ2) is 6.23. The first kappa shape index (κ1) is 14.8. The second-order valence-corrected chi connectivity index (χ2v) is 5.10. The Morgan fingerprint density at radius 2 is 2.25 bits per heavy atom. The zero-order valence-electron chi connectivity index (χ0n) is 11.9. The highest BCUT2D eigenvalue weighted by Crippen LogP contribution is 2.24. The van der Waals surface area contributed by atoms with Gasteiger partial charge in [-0.25, -0.2) is 14.8 Å². The van der Waals surface area contributed by atoms with Crippen LogP contribution in [-0.4, -0.2) is 47.6 Å². The van der Waals surface area contributed by atoms with Gasteiger partial charge in [-0.05, 0) is 19.2 Å². The van der Waals surface area contributed by atoms with Crippen LogP contribution in [0.1, 0.15) is 23.5 Å². The van der Waals surface area contributed by atoms with E-state index in [1.165, 1.54) is 18.9 Å². The third-order valence-electron chi connectivity index (χ3n) is 2.98. The minimum absolute atomic E-state index is 0.0313. The number of thioether (sulfide) groups is 1. The molecule has 0 aromatic carbocycles. The number of carbonyl (C=O) groups is 1. The molecule has 6 nitrogen and oxygen atoms in total. The molecule has 0 bridgehead atoms. The molecule has 0 fully saturated rings. The average Bonchev–Trinajstić information content (AvgIpc) is 2.84. The van der Waals surface area contributed by atoms with Crippen molar-refractivity contribution in [3.05, 3.63) is 18.0 Å². The molecule has 0 unspecified atom stereocenters. The Labute approximate surface area is 121 Å². The number of nitrogens with zero attached hydrogens (tertiary/aromatic N) is 3. The first-order valence-corrected chi connectivity index (χ1v) is 7.34. The summed E-state index contributed by atoms with van der Waals surface area (Å²) in [5.74, 6) is -0.392. The molecule has 0 amide bonds. The van der Waals surface area contributed by atoms with E-state index in [0.29, 0.717) is 23.1 Å². The Morgan fingerprint density at radius 1 is 1.50 bits per heavy atom. The standard InChI is InChI=1S/C13H17N3O3S/c1-8(7-18-2)16-10(12(17)19-3)5-9-6-14-13(20-4)15-11(9)16/h5-6,8H,7H2,1-4H3/t8-/m0/s1. The molecule has 2 aromatic heterocycles. The van der Waals surface area contributed by atoms with Gasteiger partial charge >= 0.3 is 5.97 Å². The number of aromatic nitrogens is 3. The van der Waals surface area contributed by atoms with Crippen molar-refractivity contribution in [3.8, 4) is 0 Å². The van der Waals surface area contributed by atoms with Crippen molar-refractivity contribution in [1.82, 2.24) is 14.5 Å². The van der Waals surface area contributed by atoms with Crippen LogP contribution >= 0.6 is 11.8 Å². The quantitative estimate of drug-likeness (QED) is 0.478. The van der Waals surface area contributed by atoms with Crippen LogP contribution in [0.2, 0.25) is 0 Å². The van der Waals surface area contributed by atoms with E-state index in [9.17, 15) is 4.79 Å². The third-order valence-corrected chi connectivity index (χ3v) is 3.54. The summed E-state index contributed by atoms with van der Waals surface area (Å²) in [5.41, 5.74) is 1.17. The number of fused-ring (bicyclic) bond motifs is 1. The van der Waals surface area contributed by atoms with Gasteiger partial charge in [0.15, 0.2) is 5.16 Å². The van der Waals surface area contributed by atoms with Gasteiger partial charge in [-0.15, -0.1) is 0 Å². The Kier molecular flexibility index (Phi) is 4.61. The molecular weight excluding hydrogens is 278 g/mol. The first-order valence-electron chi connectivity index (χ1n) is 6.11. The van der Waals surface area contributed by atoms with Gasteiger partial charge in [-0.1, -0.05) is 11.8 Å². The van der Waals surface area contributed by atoms with E-state index in [-0.39, 0.29) is 6.04 Å². The minimum Gasteiger partial charge on any atom is -0.464 e. The summed E-state index contributed by atoms with van der Waals surface area (Å²) in [7, 11) is 2.99.